The Bertz CT molecular complexity index is 699. The molecule has 1 amide bonds. The van der Waals surface area contributed by atoms with E-state index in [2.05, 4.69) is 5.32 Å². The molecule has 5 heteroatoms. The zero-order valence-electron chi connectivity index (χ0n) is 14.9. The van der Waals surface area contributed by atoms with Crippen molar-refractivity contribution in [2.75, 3.05) is 25.5 Å². The van der Waals surface area contributed by atoms with E-state index in [4.69, 9.17) is 4.74 Å². The molecule has 0 aliphatic rings. The molecule has 2 aromatic carbocycles. The topological polar surface area (TPSA) is 59.8 Å². The summed E-state index contributed by atoms with van der Waals surface area (Å²) >= 11 is 0. The fourth-order valence-corrected chi connectivity index (χ4v) is 2.33. The summed E-state index contributed by atoms with van der Waals surface area (Å²) in [4.78, 5) is 24.7. The zero-order chi connectivity index (χ0) is 18.2. The van der Waals surface area contributed by atoms with Crippen molar-refractivity contribution < 1.29 is 19.2 Å². The third-order valence-corrected chi connectivity index (χ3v) is 4.20. The summed E-state index contributed by atoms with van der Waals surface area (Å²) in [6.45, 7) is 4.66. The van der Waals surface area contributed by atoms with Crippen molar-refractivity contribution in [1.29, 1.82) is 0 Å². The molecule has 25 heavy (non-hydrogen) atoms. The lowest BCUT2D eigenvalue weighted by atomic mass is 10.1. The maximum absolute atomic E-state index is 12.4. The van der Waals surface area contributed by atoms with Gasteiger partial charge in [0.15, 0.2) is 11.8 Å². The molecule has 1 unspecified atom stereocenters. The third kappa shape index (κ3) is 5.72. The number of likely N-dealkylation sites (N-methyl/N-ethyl adjacent to an activating group) is 1. The lowest BCUT2D eigenvalue weighted by molar-refractivity contribution is -0.894. The first kappa shape index (κ1) is 18.7. The van der Waals surface area contributed by atoms with Gasteiger partial charge < -0.3 is 15.0 Å². The van der Waals surface area contributed by atoms with Crippen LogP contribution in [0, 0.1) is 0 Å². The highest BCUT2D eigenvalue weighted by atomic mass is 16.5. The Labute approximate surface area is 148 Å². The van der Waals surface area contributed by atoms with Crippen LogP contribution < -0.4 is 15.0 Å². The van der Waals surface area contributed by atoms with Crippen LogP contribution in [0.25, 0.3) is 0 Å². The summed E-state index contributed by atoms with van der Waals surface area (Å²) in [6, 6.07) is 16.3. The molecule has 2 rings (SSSR count). The summed E-state index contributed by atoms with van der Waals surface area (Å²) in [5.74, 6) is 0.777. The smallest absolute Gasteiger partial charge is 0.282 e. The Balaban J connectivity index is 1.80. The minimum Gasteiger partial charge on any atom is -0.488 e. The van der Waals surface area contributed by atoms with Crippen LogP contribution in [0.15, 0.2) is 54.6 Å². The number of hydrogen-bond donors (Lipinski definition) is 2. The average Bonchev–Trinajstić information content (AvgIpc) is 2.62. The third-order valence-electron chi connectivity index (χ3n) is 4.20. The molecular formula is C20H25N2O3+. The second-order valence-electron chi connectivity index (χ2n) is 6.10. The number of hydrogen-bond acceptors (Lipinski definition) is 3. The largest absolute Gasteiger partial charge is 0.488 e. The van der Waals surface area contributed by atoms with Crippen molar-refractivity contribution in [3.63, 3.8) is 0 Å². The summed E-state index contributed by atoms with van der Waals surface area (Å²) in [6.07, 6.45) is 0. The van der Waals surface area contributed by atoms with Gasteiger partial charge in [-0.25, -0.2) is 0 Å². The molecule has 0 fully saturated rings. The lowest BCUT2D eigenvalue weighted by Gasteiger charge is -2.21. The van der Waals surface area contributed by atoms with Crippen LogP contribution >= 0.6 is 0 Å². The van der Waals surface area contributed by atoms with Crippen LogP contribution in [-0.4, -0.2) is 37.9 Å². The minimum absolute atomic E-state index is 0.00818. The molecule has 0 aliphatic carbocycles. The Morgan fingerprint density at radius 2 is 1.72 bits per heavy atom. The quantitative estimate of drug-likeness (QED) is 0.720. The van der Waals surface area contributed by atoms with E-state index in [1.54, 1.807) is 24.3 Å². The molecule has 0 heterocycles. The average molecular weight is 341 g/mol. The lowest BCUT2D eigenvalue weighted by Crippen LogP contribution is -3.14. The van der Waals surface area contributed by atoms with Gasteiger partial charge in [0.25, 0.3) is 5.91 Å². The molecule has 0 bridgehead atoms. The number of Topliss-reactive ketones (excluding diaryl/α,β-unsaturated/α-hetero) is 1. The number of carbonyl (C=O) groups is 2. The molecule has 0 spiro atoms. The van der Waals surface area contributed by atoms with Crippen molar-refractivity contribution in [3.05, 3.63) is 60.2 Å². The first-order valence-electron chi connectivity index (χ1n) is 8.39. The van der Waals surface area contributed by atoms with E-state index in [-0.39, 0.29) is 17.7 Å². The van der Waals surface area contributed by atoms with Gasteiger partial charge in [-0.3, -0.25) is 9.59 Å². The van der Waals surface area contributed by atoms with Gasteiger partial charge in [0.2, 0.25) is 0 Å². The molecule has 2 N–H and O–H groups in total. The number of amides is 1. The summed E-state index contributed by atoms with van der Waals surface area (Å²) < 4.78 is 5.68. The second-order valence-corrected chi connectivity index (χ2v) is 6.10. The zero-order valence-corrected chi connectivity index (χ0v) is 14.9. The number of ether oxygens (including phenoxy) is 1. The molecule has 0 aliphatic heterocycles. The van der Waals surface area contributed by atoms with Gasteiger partial charge in [0, 0.05) is 11.3 Å². The maximum atomic E-state index is 12.4. The van der Waals surface area contributed by atoms with Crippen LogP contribution in [-0.2, 0) is 4.79 Å². The normalized spacial score (nSPS) is 12.9. The van der Waals surface area contributed by atoms with Crippen molar-refractivity contribution in [2.24, 2.45) is 0 Å². The van der Waals surface area contributed by atoms with Gasteiger partial charge in [-0.2, -0.15) is 0 Å². The van der Waals surface area contributed by atoms with Crippen molar-refractivity contribution in [2.45, 2.75) is 19.9 Å². The van der Waals surface area contributed by atoms with Gasteiger partial charge in [-0.15, -0.1) is 0 Å². The SMILES string of the molecule is CC(=O)c1ccc(NC(=O)[C@H](C)[NH+](C)CCOc2ccccc2)cc1. The number of benzene rings is 2. The molecule has 2 aromatic rings. The Morgan fingerprint density at radius 1 is 1.08 bits per heavy atom. The summed E-state index contributed by atoms with van der Waals surface area (Å²) in [5, 5.41) is 2.88. The number of para-hydroxylation sites is 1. The number of quaternary nitrogens is 1. The van der Waals surface area contributed by atoms with Crippen molar-refractivity contribution in [3.8, 4) is 5.75 Å². The number of anilines is 1. The summed E-state index contributed by atoms with van der Waals surface area (Å²) in [7, 11) is 1.97. The van der Waals surface area contributed by atoms with E-state index in [1.807, 2.05) is 44.3 Å². The van der Waals surface area contributed by atoms with Crippen LogP contribution in [0.4, 0.5) is 5.69 Å². The standard InChI is InChI=1S/C20H24N2O3/c1-15(22(3)13-14-25-19-7-5-4-6-8-19)20(24)21-18-11-9-17(10-12-18)16(2)23/h4-12,15H,13-14H2,1-3H3,(H,21,24)/p+1/t15-/m0/s1. The van der Waals surface area contributed by atoms with E-state index in [1.165, 1.54) is 6.92 Å². The molecule has 0 saturated carbocycles. The van der Waals surface area contributed by atoms with E-state index in [0.29, 0.717) is 24.4 Å². The van der Waals surface area contributed by atoms with Gasteiger partial charge in [-0.1, -0.05) is 18.2 Å². The number of carbonyl (C=O) groups excluding carboxylic acids is 2. The molecule has 2 atom stereocenters. The van der Waals surface area contributed by atoms with Crippen LogP contribution in [0.2, 0.25) is 0 Å². The Hall–Kier alpha value is -2.66. The second kappa shape index (κ2) is 8.99. The first-order valence-corrected chi connectivity index (χ1v) is 8.39. The van der Waals surface area contributed by atoms with Crippen LogP contribution in [0.1, 0.15) is 24.2 Å². The van der Waals surface area contributed by atoms with Crippen LogP contribution in [0.3, 0.4) is 0 Å². The van der Waals surface area contributed by atoms with Crippen molar-refractivity contribution >= 4 is 17.4 Å². The highest BCUT2D eigenvalue weighted by molar-refractivity contribution is 5.96. The van der Waals surface area contributed by atoms with E-state index >= 15 is 0 Å². The predicted molar refractivity (Wildman–Crippen MR) is 98.2 cm³/mol. The number of rotatable bonds is 8. The number of nitrogens with one attached hydrogen (secondary N) is 2. The fraction of sp³-hybridized carbons (Fsp3) is 0.300. The van der Waals surface area contributed by atoms with Gasteiger partial charge in [-0.05, 0) is 50.2 Å². The summed E-state index contributed by atoms with van der Waals surface area (Å²) in [5.41, 5.74) is 1.32. The first-order chi connectivity index (χ1) is 12.0. The Morgan fingerprint density at radius 3 is 2.32 bits per heavy atom. The molecule has 5 nitrogen and oxygen atoms in total. The van der Waals surface area contributed by atoms with Gasteiger partial charge in [0.05, 0.1) is 7.05 Å². The molecule has 0 aromatic heterocycles. The van der Waals surface area contributed by atoms with E-state index in [0.717, 1.165) is 10.6 Å². The molecule has 0 radical (unpaired) electrons. The molecule has 0 saturated heterocycles. The minimum atomic E-state index is -0.216. The number of ketones is 1. The van der Waals surface area contributed by atoms with E-state index < -0.39 is 0 Å². The predicted octanol–water partition coefficient (Wildman–Crippen LogP) is 1.81. The highest BCUT2D eigenvalue weighted by Crippen LogP contribution is 2.10. The molecule has 132 valence electrons. The van der Waals surface area contributed by atoms with E-state index in [9.17, 15) is 9.59 Å². The van der Waals surface area contributed by atoms with Gasteiger partial charge in [0.1, 0.15) is 18.9 Å². The van der Waals surface area contributed by atoms with Crippen molar-refractivity contribution in [1.82, 2.24) is 0 Å². The van der Waals surface area contributed by atoms with Crippen LogP contribution in [0.5, 0.6) is 5.75 Å². The monoisotopic (exact) mass is 341 g/mol. The maximum Gasteiger partial charge on any atom is 0.282 e. The fourth-order valence-electron chi connectivity index (χ4n) is 2.33. The highest BCUT2D eigenvalue weighted by Gasteiger charge is 2.21. The Kier molecular flexibility index (Phi) is 6.71. The molecular weight excluding hydrogens is 316 g/mol. The van der Waals surface area contributed by atoms with Gasteiger partial charge >= 0.3 is 0 Å².